The van der Waals surface area contributed by atoms with Crippen molar-refractivity contribution < 1.29 is 14.4 Å². The molecule has 0 spiro atoms. The zero-order valence-corrected chi connectivity index (χ0v) is 15.7. The minimum atomic E-state index is 0.176. The molecule has 138 valence electrons. The van der Waals surface area contributed by atoms with Gasteiger partial charge in [0.15, 0.2) is 12.6 Å². The van der Waals surface area contributed by atoms with Crippen LogP contribution >= 0.6 is 11.6 Å². The Morgan fingerprint density at radius 3 is 1.85 bits per heavy atom. The molecule has 0 saturated carbocycles. The maximum absolute atomic E-state index is 11.9. The maximum atomic E-state index is 11.9. The van der Waals surface area contributed by atoms with Crippen molar-refractivity contribution in [3.05, 3.63) is 81.4 Å². The van der Waals surface area contributed by atoms with E-state index in [4.69, 9.17) is 11.6 Å². The highest BCUT2D eigenvalue weighted by Gasteiger charge is 2.17. The summed E-state index contributed by atoms with van der Waals surface area (Å²) in [6.45, 7) is 0. The largest absolute Gasteiger partial charge is 0.387 e. The van der Waals surface area contributed by atoms with E-state index in [1.165, 1.54) is 0 Å². The summed E-state index contributed by atoms with van der Waals surface area (Å²) in [6.07, 6.45) is 1.97. The van der Waals surface area contributed by atoms with Gasteiger partial charge in [-0.15, -0.1) is 0 Å². The van der Waals surface area contributed by atoms with Crippen LogP contribution in [0.5, 0.6) is 0 Å². The first-order valence-corrected chi connectivity index (χ1v) is 8.53. The standard InChI is InChI=1S/C21H19ClN2O3/c1-23-20(15-6-8-17(22)9-7-15)18(12-26)19(13-27)21(24-2)16-5-3-4-14(10-16)11-25/h3-13,23-24H,1-2H3/b20-18-,21-19-. The molecule has 0 aromatic heterocycles. The van der Waals surface area contributed by atoms with Crippen LogP contribution in [-0.4, -0.2) is 33.0 Å². The summed E-state index contributed by atoms with van der Waals surface area (Å²) in [5, 5.41) is 6.51. The zero-order chi connectivity index (χ0) is 19.8. The summed E-state index contributed by atoms with van der Waals surface area (Å²) in [5.74, 6) is 0. The molecule has 0 aliphatic carbocycles. The third kappa shape index (κ3) is 4.51. The number of halogens is 1. The van der Waals surface area contributed by atoms with Gasteiger partial charge in [-0.25, -0.2) is 0 Å². The molecule has 5 nitrogen and oxygen atoms in total. The number of carbonyl (C=O) groups is 3. The predicted octanol–water partition coefficient (Wildman–Crippen LogP) is 3.11. The van der Waals surface area contributed by atoms with Gasteiger partial charge >= 0.3 is 0 Å². The molecule has 0 heterocycles. The Kier molecular flexibility index (Phi) is 7.08. The highest BCUT2D eigenvalue weighted by Crippen LogP contribution is 2.26. The molecule has 0 amide bonds. The first-order valence-electron chi connectivity index (χ1n) is 8.15. The second kappa shape index (κ2) is 9.50. The lowest BCUT2D eigenvalue weighted by Gasteiger charge is -2.16. The molecule has 2 rings (SSSR count). The molecule has 0 radical (unpaired) electrons. The highest BCUT2D eigenvalue weighted by atomic mass is 35.5. The van der Waals surface area contributed by atoms with Crippen molar-refractivity contribution in [1.82, 2.24) is 10.6 Å². The van der Waals surface area contributed by atoms with Gasteiger partial charge in [0.2, 0.25) is 0 Å². The molecule has 0 unspecified atom stereocenters. The van der Waals surface area contributed by atoms with Crippen LogP contribution in [0.2, 0.25) is 5.02 Å². The van der Waals surface area contributed by atoms with Crippen LogP contribution < -0.4 is 10.6 Å². The monoisotopic (exact) mass is 382 g/mol. The van der Waals surface area contributed by atoms with E-state index >= 15 is 0 Å². The summed E-state index contributed by atoms with van der Waals surface area (Å²) in [7, 11) is 3.32. The summed E-state index contributed by atoms with van der Waals surface area (Å²) in [6, 6.07) is 13.7. The van der Waals surface area contributed by atoms with Crippen LogP contribution in [0, 0.1) is 0 Å². The fraction of sp³-hybridized carbons (Fsp3) is 0.0952. The van der Waals surface area contributed by atoms with E-state index < -0.39 is 0 Å². The molecule has 27 heavy (non-hydrogen) atoms. The molecule has 0 saturated heterocycles. The predicted molar refractivity (Wildman–Crippen MR) is 107 cm³/mol. The van der Waals surface area contributed by atoms with Gasteiger partial charge in [-0.05, 0) is 29.3 Å². The van der Waals surface area contributed by atoms with Crippen molar-refractivity contribution in [3.8, 4) is 0 Å². The van der Waals surface area contributed by atoms with E-state index in [-0.39, 0.29) is 11.1 Å². The third-order valence-electron chi connectivity index (χ3n) is 4.01. The Labute approximate surface area is 162 Å². The van der Waals surface area contributed by atoms with Gasteiger partial charge in [-0.2, -0.15) is 0 Å². The number of aldehydes is 3. The minimum Gasteiger partial charge on any atom is -0.387 e. The molecule has 2 aromatic rings. The molecule has 6 heteroatoms. The van der Waals surface area contributed by atoms with Crippen LogP contribution in [0.25, 0.3) is 11.4 Å². The normalized spacial score (nSPS) is 12.4. The van der Waals surface area contributed by atoms with Gasteiger partial charge in [-0.1, -0.05) is 41.9 Å². The van der Waals surface area contributed by atoms with E-state index in [9.17, 15) is 14.4 Å². The molecule has 0 aliphatic heterocycles. The van der Waals surface area contributed by atoms with Gasteiger partial charge in [0, 0.05) is 24.7 Å². The van der Waals surface area contributed by atoms with Crippen molar-refractivity contribution in [1.29, 1.82) is 0 Å². The van der Waals surface area contributed by atoms with E-state index in [0.29, 0.717) is 45.7 Å². The molecule has 0 fully saturated rings. The molecule has 0 atom stereocenters. The van der Waals surface area contributed by atoms with Crippen molar-refractivity contribution >= 4 is 41.9 Å². The van der Waals surface area contributed by atoms with Gasteiger partial charge in [0.1, 0.15) is 6.29 Å². The first-order chi connectivity index (χ1) is 13.1. The Balaban J connectivity index is 2.75. The van der Waals surface area contributed by atoms with Gasteiger partial charge in [0.25, 0.3) is 0 Å². The minimum absolute atomic E-state index is 0.176. The lowest BCUT2D eigenvalue weighted by Crippen LogP contribution is -2.16. The fourth-order valence-corrected chi connectivity index (χ4v) is 2.89. The average Bonchev–Trinajstić information content (AvgIpc) is 2.71. The lowest BCUT2D eigenvalue weighted by molar-refractivity contribution is -0.107. The number of benzene rings is 2. The first kappa shape index (κ1) is 20.1. The Morgan fingerprint density at radius 1 is 0.815 bits per heavy atom. The molecule has 0 aliphatic rings. The van der Waals surface area contributed by atoms with Crippen molar-refractivity contribution in [3.63, 3.8) is 0 Å². The van der Waals surface area contributed by atoms with E-state index in [2.05, 4.69) is 10.6 Å². The van der Waals surface area contributed by atoms with E-state index in [1.54, 1.807) is 62.6 Å². The molecular weight excluding hydrogens is 364 g/mol. The molecule has 2 aromatic carbocycles. The average molecular weight is 383 g/mol. The van der Waals surface area contributed by atoms with Crippen LogP contribution in [0.1, 0.15) is 21.5 Å². The van der Waals surface area contributed by atoms with E-state index in [1.807, 2.05) is 0 Å². The van der Waals surface area contributed by atoms with E-state index in [0.717, 1.165) is 6.29 Å². The van der Waals surface area contributed by atoms with Crippen molar-refractivity contribution in [2.45, 2.75) is 0 Å². The summed E-state index contributed by atoms with van der Waals surface area (Å²) >= 11 is 5.93. The highest BCUT2D eigenvalue weighted by molar-refractivity contribution is 6.30. The van der Waals surface area contributed by atoms with Crippen LogP contribution in [0.15, 0.2) is 59.7 Å². The van der Waals surface area contributed by atoms with Crippen molar-refractivity contribution in [2.75, 3.05) is 14.1 Å². The lowest BCUT2D eigenvalue weighted by atomic mass is 9.96. The number of rotatable bonds is 8. The quantitative estimate of drug-likeness (QED) is 0.417. The van der Waals surface area contributed by atoms with Gasteiger partial charge in [0.05, 0.1) is 22.5 Å². The number of allylic oxidation sites excluding steroid dienone is 2. The zero-order valence-electron chi connectivity index (χ0n) is 15.0. The number of nitrogens with one attached hydrogen (secondary N) is 2. The Hall–Kier alpha value is -3.18. The smallest absolute Gasteiger partial charge is 0.152 e. The van der Waals surface area contributed by atoms with Crippen LogP contribution in [0.4, 0.5) is 0 Å². The maximum Gasteiger partial charge on any atom is 0.152 e. The Morgan fingerprint density at radius 2 is 1.37 bits per heavy atom. The topological polar surface area (TPSA) is 75.3 Å². The Bertz CT molecular complexity index is 915. The third-order valence-corrected chi connectivity index (χ3v) is 4.26. The second-order valence-corrected chi connectivity index (χ2v) is 6.00. The van der Waals surface area contributed by atoms with Crippen molar-refractivity contribution in [2.24, 2.45) is 0 Å². The second-order valence-electron chi connectivity index (χ2n) is 5.56. The fourth-order valence-electron chi connectivity index (χ4n) is 2.77. The van der Waals surface area contributed by atoms with Gasteiger partial charge in [-0.3, -0.25) is 14.4 Å². The van der Waals surface area contributed by atoms with Crippen LogP contribution in [-0.2, 0) is 9.59 Å². The molecular formula is C21H19ClN2O3. The van der Waals surface area contributed by atoms with Crippen LogP contribution in [0.3, 0.4) is 0 Å². The number of hydrogen-bond acceptors (Lipinski definition) is 5. The number of hydrogen-bond donors (Lipinski definition) is 2. The summed E-state index contributed by atoms with van der Waals surface area (Å²) in [4.78, 5) is 34.9. The summed E-state index contributed by atoms with van der Waals surface area (Å²) in [5.41, 5.74) is 3.09. The number of carbonyl (C=O) groups excluding carboxylic acids is 3. The SMILES string of the molecule is CN/C(=C(C=O)\C(C=O)=C(/NC)c1cccc(C=O)c1)c1ccc(Cl)cc1. The van der Waals surface area contributed by atoms with Gasteiger partial charge < -0.3 is 10.6 Å². The molecule has 0 bridgehead atoms. The molecule has 2 N–H and O–H groups in total. The summed E-state index contributed by atoms with van der Waals surface area (Å²) < 4.78 is 0.